The van der Waals surface area contributed by atoms with Crippen molar-refractivity contribution in [1.82, 2.24) is 0 Å². The second kappa shape index (κ2) is 8.09. The monoisotopic (exact) mass is 387 g/mol. The molecule has 5 nitrogen and oxygen atoms in total. The molecule has 0 aromatic heterocycles. The Bertz CT molecular complexity index is 807. The molecule has 1 N–H and O–H groups in total. The van der Waals surface area contributed by atoms with Gasteiger partial charge >= 0.3 is 12.1 Å². The number of hydrogen-bond donors (Lipinski definition) is 1. The Labute approximate surface area is 151 Å². The largest absolute Gasteiger partial charge is 0.484 e. The van der Waals surface area contributed by atoms with Gasteiger partial charge in [0.05, 0.1) is 23.3 Å². The second-order valence-electron chi connectivity index (χ2n) is 5.05. The van der Waals surface area contributed by atoms with Crippen LogP contribution in [0.2, 0.25) is 5.02 Å². The third-order valence-electron chi connectivity index (χ3n) is 3.20. The summed E-state index contributed by atoms with van der Waals surface area (Å²) in [6, 6.07) is 8.87. The first-order chi connectivity index (χ1) is 12.2. The predicted molar refractivity (Wildman–Crippen MR) is 88.4 cm³/mol. The molecule has 0 fully saturated rings. The van der Waals surface area contributed by atoms with Gasteiger partial charge in [-0.15, -0.1) is 0 Å². The van der Waals surface area contributed by atoms with E-state index < -0.39 is 35.2 Å². The van der Waals surface area contributed by atoms with Crippen LogP contribution in [0.3, 0.4) is 0 Å². The molecular weight excluding hydrogens is 375 g/mol. The Hall–Kier alpha value is -2.74. The lowest BCUT2D eigenvalue weighted by atomic mass is 10.2. The summed E-state index contributed by atoms with van der Waals surface area (Å²) < 4.78 is 48.2. The number of rotatable bonds is 5. The summed E-state index contributed by atoms with van der Waals surface area (Å²) in [6.07, 6.45) is -4.63. The Morgan fingerprint density at radius 1 is 1.12 bits per heavy atom. The minimum Gasteiger partial charge on any atom is -0.484 e. The van der Waals surface area contributed by atoms with E-state index in [4.69, 9.17) is 16.3 Å². The van der Waals surface area contributed by atoms with Gasteiger partial charge in [-0.2, -0.15) is 13.2 Å². The number of carbonyl (C=O) groups excluding carboxylic acids is 2. The van der Waals surface area contributed by atoms with Crippen LogP contribution >= 0.6 is 11.6 Å². The zero-order chi connectivity index (χ0) is 19.3. The number of ether oxygens (including phenoxy) is 2. The van der Waals surface area contributed by atoms with Crippen LogP contribution in [0.15, 0.2) is 42.5 Å². The van der Waals surface area contributed by atoms with Crippen molar-refractivity contribution in [3.63, 3.8) is 0 Å². The first-order valence-electron chi connectivity index (χ1n) is 7.18. The van der Waals surface area contributed by atoms with Crippen LogP contribution in [-0.2, 0) is 15.7 Å². The molecule has 0 atom stereocenters. The van der Waals surface area contributed by atoms with Crippen molar-refractivity contribution in [2.75, 3.05) is 19.0 Å². The number of anilines is 1. The summed E-state index contributed by atoms with van der Waals surface area (Å²) in [6.45, 7) is -0.429. The summed E-state index contributed by atoms with van der Waals surface area (Å²) in [4.78, 5) is 23.1. The van der Waals surface area contributed by atoms with E-state index >= 15 is 0 Å². The Morgan fingerprint density at radius 2 is 1.77 bits per heavy atom. The van der Waals surface area contributed by atoms with Gasteiger partial charge < -0.3 is 14.8 Å². The molecule has 0 aliphatic carbocycles. The molecule has 0 aliphatic heterocycles. The van der Waals surface area contributed by atoms with E-state index in [1.165, 1.54) is 37.4 Å². The number of halogens is 4. The molecule has 138 valence electrons. The molecule has 0 unspecified atom stereocenters. The first-order valence-corrected chi connectivity index (χ1v) is 7.56. The van der Waals surface area contributed by atoms with Crippen molar-refractivity contribution in [3.8, 4) is 5.75 Å². The van der Waals surface area contributed by atoms with E-state index in [9.17, 15) is 22.8 Å². The zero-order valence-corrected chi connectivity index (χ0v) is 14.1. The molecule has 0 saturated heterocycles. The van der Waals surface area contributed by atoms with E-state index in [2.05, 4.69) is 10.1 Å². The van der Waals surface area contributed by atoms with Gasteiger partial charge in [0.15, 0.2) is 6.61 Å². The van der Waals surface area contributed by atoms with Crippen LogP contribution in [0.5, 0.6) is 5.75 Å². The standard InChI is InChI=1S/C17H13ClF3NO4/c1-25-16(24)10-2-5-12(6-3-10)26-9-15(23)22-11-4-7-14(18)13(8-11)17(19,20)21/h2-8H,9H2,1H3,(H,22,23). The van der Waals surface area contributed by atoms with Crippen molar-refractivity contribution >= 4 is 29.2 Å². The quantitative estimate of drug-likeness (QED) is 0.782. The average molecular weight is 388 g/mol. The molecule has 2 aromatic carbocycles. The molecule has 0 aliphatic rings. The molecule has 0 radical (unpaired) electrons. The van der Waals surface area contributed by atoms with Gasteiger partial charge in [0.2, 0.25) is 0 Å². The Kier molecular flexibility index (Phi) is 6.10. The highest BCUT2D eigenvalue weighted by Crippen LogP contribution is 2.36. The number of methoxy groups -OCH3 is 1. The number of hydrogen-bond acceptors (Lipinski definition) is 4. The van der Waals surface area contributed by atoms with Gasteiger partial charge in [0.25, 0.3) is 5.91 Å². The Balaban J connectivity index is 1.96. The normalized spacial score (nSPS) is 11.0. The lowest BCUT2D eigenvalue weighted by Gasteiger charge is -2.12. The third-order valence-corrected chi connectivity index (χ3v) is 3.53. The molecule has 1 amide bonds. The molecule has 0 spiro atoms. The van der Waals surface area contributed by atoms with Crippen molar-refractivity contribution in [1.29, 1.82) is 0 Å². The fourth-order valence-electron chi connectivity index (χ4n) is 1.97. The first kappa shape index (κ1) is 19.6. The van der Waals surface area contributed by atoms with Gasteiger partial charge in [-0.05, 0) is 42.5 Å². The van der Waals surface area contributed by atoms with E-state index in [-0.39, 0.29) is 5.69 Å². The number of carbonyl (C=O) groups is 2. The lowest BCUT2D eigenvalue weighted by Crippen LogP contribution is -2.20. The number of nitrogens with one attached hydrogen (secondary N) is 1. The van der Waals surface area contributed by atoms with E-state index in [0.29, 0.717) is 11.3 Å². The summed E-state index contributed by atoms with van der Waals surface area (Å²) in [5, 5.41) is 1.83. The summed E-state index contributed by atoms with van der Waals surface area (Å²) in [5.41, 5.74) is -0.794. The van der Waals surface area contributed by atoms with E-state index in [0.717, 1.165) is 12.1 Å². The van der Waals surface area contributed by atoms with Crippen LogP contribution in [0.1, 0.15) is 15.9 Å². The predicted octanol–water partition coefficient (Wildman–Crippen LogP) is 4.16. The van der Waals surface area contributed by atoms with Crippen molar-refractivity contribution < 1.29 is 32.2 Å². The minimum absolute atomic E-state index is 0.0589. The molecule has 0 bridgehead atoms. The van der Waals surface area contributed by atoms with Crippen LogP contribution in [0, 0.1) is 0 Å². The minimum atomic E-state index is -4.63. The van der Waals surface area contributed by atoms with Crippen molar-refractivity contribution in [3.05, 3.63) is 58.6 Å². The maximum absolute atomic E-state index is 12.8. The number of alkyl halides is 3. The maximum atomic E-state index is 12.8. The number of benzene rings is 2. The molecule has 0 heterocycles. The van der Waals surface area contributed by atoms with Crippen molar-refractivity contribution in [2.45, 2.75) is 6.18 Å². The van der Waals surface area contributed by atoms with Gasteiger partial charge in [-0.3, -0.25) is 4.79 Å². The lowest BCUT2D eigenvalue weighted by molar-refractivity contribution is -0.137. The fourth-order valence-corrected chi connectivity index (χ4v) is 2.20. The van der Waals surface area contributed by atoms with Gasteiger partial charge in [-0.25, -0.2) is 4.79 Å². The van der Waals surface area contributed by atoms with Gasteiger partial charge in [0.1, 0.15) is 5.75 Å². The summed E-state index contributed by atoms with van der Waals surface area (Å²) in [7, 11) is 1.25. The molecule has 0 saturated carbocycles. The van der Waals surface area contributed by atoms with Gasteiger partial charge in [0, 0.05) is 5.69 Å². The highest BCUT2D eigenvalue weighted by molar-refractivity contribution is 6.31. The highest BCUT2D eigenvalue weighted by atomic mass is 35.5. The molecule has 9 heteroatoms. The zero-order valence-electron chi connectivity index (χ0n) is 13.4. The second-order valence-corrected chi connectivity index (χ2v) is 5.45. The van der Waals surface area contributed by atoms with Crippen LogP contribution in [-0.4, -0.2) is 25.6 Å². The van der Waals surface area contributed by atoms with Crippen molar-refractivity contribution in [2.24, 2.45) is 0 Å². The average Bonchev–Trinajstić information content (AvgIpc) is 2.60. The molecular formula is C17H13ClF3NO4. The number of amides is 1. The SMILES string of the molecule is COC(=O)c1ccc(OCC(=O)Nc2ccc(Cl)c(C(F)(F)F)c2)cc1. The smallest absolute Gasteiger partial charge is 0.417 e. The number of esters is 1. The van der Waals surface area contributed by atoms with Gasteiger partial charge in [-0.1, -0.05) is 11.6 Å². The third kappa shape index (κ3) is 5.13. The van der Waals surface area contributed by atoms with Crippen LogP contribution in [0.25, 0.3) is 0 Å². The molecule has 2 aromatic rings. The Morgan fingerprint density at radius 3 is 2.35 bits per heavy atom. The highest BCUT2D eigenvalue weighted by Gasteiger charge is 2.33. The molecule has 26 heavy (non-hydrogen) atoms. The summed E-state index contributed by atoms with van der Waals surface area (Å²) in [5.74, 6) is -0.866. The fraction of sp³-hybridized carbons (Fsp3) is 0.176. The van der Waals surface area contributed by atoms with Crippen LogP contribution in [0.4, 0.5) is 18.9 Å². The maximum Gasteiger partial charge on any atom is 0.417 e. The van der Waals surface area contributed by atoms with E-state index in [1.807, 2.05) is 0 Å². The summed E-state index contributed by atoms with van der Waals surface area (Å²) >= 11 is 5.51. The van der Waals surface area contributed by atoms with E-state index in [1.54, 1.807) is 0 Å². The van der Waals surface area contributed by atoms with Crippen LogP contribution < -0.4 is 10.1 Å². The topological polar surface area (TPSA) is 64.6 Å². The molecule has 2 rings (SSSR count).